The topological polar surface area (TPSA) is 54.5 Å². The van der Waals surface area contributed by atoms with Gasteiger partial charge in [-0.25, -0.2) is 0 Å². The first-order valence-corrected chi connectivity index (χ1v) is 9.36. The van der Waals surface area contributed by atoms with Crippen LogP contribution in [0.5, 0.6) is 5.75 Å². The van der Waals surface area contributed by atoms with Gasteiger partial charge >= 0.3 is 0 Å². The van der Waals surface area contributed by atoms with Gasteiger partial charge in [0.2, 0.25) is 0 Å². The van der Waals surface area contributed by atoms with Crippen LogP contribution in [-0.4, -0.2) is 37.6 Å². The maximum Gasteiger partial charge on any atom is 0.251 e. The quantitative estimate of drug-likeness (QED) is 0.743. The number of carbonyl (C=O) groups is 1. The molecule has 0 bridgehead atoms. The first-order valence-electron chi connectivity index (χ1n) is 9.36. The molecule has 28 heavy (non-hydrogen) atoms. The summed E-state index contributed by atoms with van der Waals surface area (Å²) in [6, 6.07) is 17.7. The number of pyridine rings is 1. The second-order valence-electron chi connectivity index (χ2n) is 7.13. The Morgan fingerprint density at radius 1 is 1.14 bits per heavy atom. The maximum atomic E-state index is 12.5. The van der Waals surface area contributed by atoms with Crippen molar-refractivity contribution in [2.75, 3.05) is 25.5 Å². The van der Waals surface area contributed by atoms with Crippen LogP contribution in [-0.2, 0) is 6.42 Å². The van der Waals surface area contributed by atoms with Crippen molar-refractivity contribution in [3.8, 4) is 16.9 Å². The SMILES string of the molecule is CN(C)c1cccc(C(=O)NC[C@@H]2Cc3cccc(-c4ccncc4)c3O2)c1. The molecule has 0 spiro atoms. The van der Waals surface area contributed by atoms with Gasteiger partial charge in [0, 0.05) is 49.7 Å². The maximum absolute atomic E-state index is 12.5. The number of para-hydroxylation sites is 1. The van der Waals surface area contributed by atoms with Gasteiger partial charge in [-0.3, -0.25) is 9.78 Å². The predicted octanol–water partition coefficient (Wildman–Crippen LogP) is 3.55. The number of benzene rings is 2. The van der Waals surface area contributed by atoms with Gasteiger partial charge in [-0.15, -0.1) is 0 Å². The summed E-state index contributed by atoms with van der Waals surface area (Å²) in [4.78, 5) is 18.6. The molecule has 1 aromatic heterocycles. The zero-order valence-electron chi connectivity index (χ0n) is 16.1. The van der Waals surface area contributed by atoms with Gasteiger partial charge in [0.1, 0.15) is 11.9 Å². The van der Waals surface area contributed by atoms with Crippen LogP contribution in [0.15, 0.2) is 67.0 Å². The molecule has 1 aliphatic rings. The molecule has 5 heteroatoms. The fraction of sp³-hybridized carbons (Fsp3) is 0.217. The summed E-state index contributed by atoms with van der Waals surface area (Å²) >= 11 is 0. The van der Waals surface area contributed by atoms with Crippen molar-refractivity contribution in [1.29, 1.82) is 0 Å². The number of nitrogens with zero attached hydrogens (tertiary/aromatic N) is 2. The van der Waals surface area contributed by atoms with Crippen molar-refractivity contribution in [1.82, 2.24) is 10.3 Å². The molecule has 1 N–H and O–H groups in total. The Balaban J connectivity index is 1.43. The van der Waals surface area contributed by atoms with E-state index < -0.39 is 0 Å². The lowest BCUT2D eigenvalue weighted by atomic mass is 10.0. The minimum Gasteiger partial charge on any atom is -0.487 e. The van der Waals surface area contributed by atoms with E-state index in [-0.39, 0.29) is 12.0 Å². The summed E-state index contributed by atoms with van der Waals surface area (Å²) in [6.07, 6.45) is 4.28. The number of aromatic nitrogens is 1. The average molecular weight is 373 g/mol. The Morgan fingerprint density at radius 3 is 2.71 bits per heavy atom. The Morgan fingerprint density at radius 2 is 1.93 bits per heavy atom. The van der Waals surface area contributed by atoms with Crippen molar-refractivity contribution >= 4 is 11.6 Å². The highest BCUT2D eigenvalue weighted by Crippen LogP contribution is 2.38. The molecule has 0 aliphatic carbocycles. The van der Waals surface area contributed by atoms with E-state index in [2.05, 4.69) is 22.4 Å². The lowest BCUT2D eigenvalue weighted by Gasteiger charge is -2.15. The second kappa shape index (κ2) is 7.72. The normalized spacial score (nSPS) is 14.9. The van der Waals surface area contributed by atoms with Crippen molar-refractivity contribution in [3.63, 3.8) is 0 Å². The monoisotopic (exact) mass is 373 g/mol. The van der Waals surface area contributed by atoms with Crippen LogP contribution in [0.25, 0.3) is 11.1 Å². The minimum absolute atomic E-state index is 0.0704. The molecule has 1 atom stereocenters. The third-order valence-corrected chi connectivity index (χ3v) is 4.94. The van der Waals surface area contributed by atoms with Crippen molar-refractivity contribution in [3.05, 3.63) is 78.1 Å². The van der Waals surface area contributed by atoms with E-state index in [4.69, 9.17) is 4.74 Å². The minimum atomic E-state index is -0.0855. The van der Waals surface area contributed by atoms with E-state index in [0.29, 0.717) is 12.1 Å². The molecule has 3 aromatic rings. The molecular weight excluding hydrogens is 350 g/mol. The van der Waals surface area contributed by atoms with E-state index in [1.165, 1.54) is 5.56 Å². The second-order valence-corrected chi connectivity index (χ2v) is 7.13. The molecule has 0 saturated heterocycles. The molecule has 0 saturated carbocycles. The highest BCUT2D eigenvalue weighted by Gasteiger charge is 2.26. The molecular formula is C23H23N3O2. The lowest BCUT2D eigenvalue weighted by Crippen LogP contribution is -2.34. The van der Waals surface area contributed by atoms with Gasteiger partial charge < -0.3 is 15.0 Å². The smallest absolute Gasteiger partial charge is 0.251 e. The Kier molecular flexibility index (Phi) is 4.98. The summed E-state index contributed by atoms with van der Waals surface area (Å²) in [5.41, 5.74) is 4.96. The highest BCUT2D eigenvalue weighted by atomic mass is 16.5. The summed E-state index contributed by atoms with van der Waals surface area (Å²) in [7, 11) is 3.92. The number of hydrogen-bond acceptors (Lipinski definition) is 4. The third-order valence-electron chi connectivity index (χ3n) is 4.94. The molecule has 2 heterocycles. The largest absolute Gasteiger partial charge is 0.487 e. The Hall–Kier alpha value is -3.34. The van der Waals surface area contributed by atoms with Gasteiger partial charge in [0.25, 0.3) is 5.91 Å². The zero-order valence-corrected chi connectivity index (χ0v) is 16.1. The van der Waals surface area contributed by atoms with Crippen LogP contribution in [0.3, 0.4) is 0 Å². The summed E-state index contributed by atoms with van der Waals surface area (Å²) < 4.78 is 6.20. The van der Waals surface area contributed by atoms with E-state index in [9.17, 15) is 4.79 Å². The molecule has 4 rings (SSSR count). The van der Waals surface area contributed by atoms with Crippen molar-refractivity contribution < 1.29 is 9.53 Å². The fourth-order valence-electron chi connectivity index (χ4n) is 3.44. The molecule has 1 aliphatic heterocycles. The van der Waals surface area contributed by atoms with Gasteiger partial charge in [-0.1, -0.05) is 24.3 Å². The van der Waals surface area contributed by atoms with Gasteiger partial charge in [-0.05, 0) is 41.5 Å². The summed E-state index contributed by atoms with van der Waals surface area (Å²) in [6.45, 7) is 0.468. The van der Waals surface area contributed by atoms with E-state index in [1.54, 1.807) is 12.4 Å². The molecule has 0 radical (unpaired) electrons. The molecule has 5 nitrogen and oxygen atoms in total. The highest BCUT2D eigenvalue weighted by molar-refractivity contribution is 5.95. The number of amides is 1. The average Bonchev–Trinajstić information content (AvgIpc) is 3.16. The Labute approximate surface area is 165 Å². The number of hydrogen-bond donors (Lipinski definition) is 1. The van der Waals surface area contributed by atoms with Gasteiger partial charge in [0.15, 0.2) is 0 Å². The molecule has 142 valence electrons. The first kappa shape index (κ1) is 18.0. The van der Waals surface area contributed by atoms with Crippen LogP contribution in [0.4, 0.5) is 5.69 Å². The third kappa shape index (κ3) is 3.69. The summed E-state index contributed by atoms with van der Waals surface area (Å²) in [5.74, 6) is 0.820. The molecule has 0 fully saturated rings. The number of ether oxygens (including phenoxy) is 1. The number of nitrogens with one attached hydrogen (secondary N) is 1. The standard InChI is InChI=1S/C23H23N3O2/c1-26(2)19-7-3-6-18(13-19)23(27)25-15-20-14-17-5-4-8-21(22(17)28-20)16-9-11-24-12-10-16/h3-13,20H,14-15H2,1-2H3,(H,25,27)/t20-/m0/s1. The van der Waals surface area contributed by atoms with Crippen LogP contribution >= 0.6 is 0 Å². The van der Waals surface area contributed by atoms with Crippen LogP contribution in [0.2, 0.25) is 0 Å². The molecule has 1 amide bonds. The van der Waals surface area contributed by atoms with Crippen molar-refractivity contribution in [2.45, 2.75) is 12.5 Å². The Bertz CT molecular complexity index is 986. The van der Waals surface area contributed by atoms with E-state index >= 15 is 0 Å². The number of rotatable bonds is 5. The van der Waals surface area contributed by atoms with Crippen LogP contribution < -0.4 is 15.0 Å². The zero-order chi connectivity index (χ0) is 19.5. The predicted molar refractivity (Wildman–Crippen MR) is 111 cm³/mol. The number of fused-ring (bicyclic) bond motifs is 1. The first-order chi connectivity index (χ1) is 13.6. The van der Waals surface area contributed by atoms with Crippen LogP contribution in [0.1, 0.15) is 15.9 Å². The lowest BCUT2D eigenvalue weighted by molar-refractivity contribution is 0.0933. The summed E-state index contributed by atoms with van der Waals surface area (Å²) in [5, 5.41) is 3.01. The van der Waals surface area contributed by atoms with Crippen molar-refractivity contribution in [2.24, 2.45) is 0 Å². The number of anilines is 1. The number of carbonyl (C=O) groups excluding carboxylic acids is 1. The van der Waals surface area contributed by atoms with E-state index in [0.717, 1.165) is 29.0 Å². The van der Waals surface area contributed by atoms with Crippen LogP contribution in [0, 0.1) is 0 Å². The fourth-order valence-corrected chi connectivity index (χ4v) is 3.44. The molecule has 2 aromatic carbocycles. The van der Waals surface area contributed by atoms with Gasteiger partial charge in [-0.2, -0.15) is 0 Å². The molecule has 0 unspecified atom stereocenters. The van der Waals surface area contributed by atoms with E-state index in [1.807, 2.05) is 61.5 Å². The van der Waals surface area contributed by atoms with Gasteiger partial charge in [0.05, 0.1) is 6.54 Å².